The first-order valence-electron chi connectivity index (χ1n) is 7.00. The Bertz CT molecular complexity index is 669. The molecule has 0 bridgehead atoms. The molecule has 0 spiro atoms. The van der Waals surface area contributed by atoms with E-state index in [4.69, 9.17) is 0 Å². The highest BCUT2D eigenvalue weighted by Gasteiger charge is 2.37. The van der Waals surface area contributed by atoms with E-state index in [2.05, 4.69) is 26.0 Å². The number of hydrogen-bond acceptors (Lipinski definition) is 0. The molecule has 0 fully saturated rings. The van der Waals surface area contributed by atoms with Gasteiger partial charge in [-0.25, -0.2) is 8.78 Å². The van der Waals surface area contributed by atoms with Crippen molar-refractivity contribution in [3.05, 3.63) is 59.2 Å². The molecule has 104 valence electrons. The van der Waals surface area contributed by atoms with Crippen molar-refractivity contribution in [3.63, 3.8) is 0 Å². The third-order valence-corrected chi connectivity index (χ3v) is 4.45. The maximum atomic E-state index is 13.9. The molecular formula is C18H18F2. The third kappa shape index (κ3) is 1.71. The summed E-state index contributed by atoms with van der Waals surface area (Å²) in [5.41, 5.74) is 4.38. The van der Waals surface area contributed by atoms with Gasteiger partial charge in [-0.3, -0.25) is 0 Å². The molecule has 2 aromatic carbocycles. The molecule has 0 N–H and O–H groups in total. The Hall–Kier alpha value is -1.70. The van der Waals surface area contributed by atoms with Crippen LogP contribution in [-0.2, 0) is 11.3 Å². The zero-order valence-corrected chi connectivity index (χ0v) is 12.0. The van der Waals surface area contributed by atoms with E-state index in [1.165, 1.54) is 18.1 Å². The van der Waals surface area contributed by atoms with Crippen LogP contribution in [0, 0.1) is 0 Å². The van der Waals surface area contributed by atoms with E-state index in [0.717, 1.165) is 11.1 Å². The molecule has 0 nitrogen and oxygen atoms in total. The molecular weight excluding hydrogens is 254 g/mol. The quantitative estimate of drug-likeness (QED) is 0.677. The maximum Gasteiger partial charge on any atom is 0.273 e. The predicted octanol–water partition coefficient (Wildman–Crippen LogP) is 5.49. The minimum atomic E-state index is -2.75. The normalized spacial score (nSPS) is 15.8. The molecule has 0 aromatic heterocycles. The van der Waals surface area contributed by atoms with Gasteiger partial charge >= 0.3 is 0 Å². The smallest absolute Gasteiger partial charge is 0.201 e. The van der Waals surface area contributed by atoms with Gasteiger partial charge in [0, 0.05) is 17.4 Å². The predicted molar refractivity (Wildman–Crippen MR) is 78.2 cm³/mol. The summed E-state index contributed by atoms with van der Waals surface area (Å²) in [4.78, 5) is 0. The average molecular weight is 272 g/mol. The minimum Gasteiger partial charge on any atom is -0.201 e. The molecule has 0 heterocycles. The van der Waals surface area contributed by atoms with Gasteiger partial charge < -0.3 is 0 Å². The van der Waals surface area contributed by atoms with Crippen molar-refractivity contribution in [1.82, 2.24) is 0 Å². The molecule has 2 aromatic rings. The first-order chi connectivity index (χ1) is 9.38. The van der Waals surface area contributed by atoms with Crippen molar-refractivity contribution < 1.29 is 8.78 Å². The fourth-order valence-electron chi connectivity index (χ4n) is 3.14. The van der Waals surface area contributed by atoms with Crippen LogP contribution in [0.2, 0.25) is 0 Å². The number of alkyl halides is 2. The highest BCUT2D eigenvalue weighted by atomic mass is 19.3. The zero-order valence-electron chi connectivity index (χ0n) is 12.0. The van der Waals surface area contributed by atoms with Gasteiger partial charge in [-0.15, -0.1) is 0 Å². The highest BCUT2D eigenvalue weighted by Crippen LogP contribution is 2.49. The summed E-state index contributed by atoms with van der Waals surface area (Å²) < 4.78 is 27.9. The first-order valence-corrected chi connectivity index (χ1v) is 7.00. The fraction of sp³-hybridized carbons (Fsp3) is 0.333. The molecule has 0 radical (unpaired) electrons. The Morgan fingerprint density at radius 2 is 1.60 bits per heavy atom. The summed E-state index contributed by atoms with van der Waals surface area (Å²) in [5.74, 6) is -2.75. The van der Waals surface area contributed by atoms with Crippen LogP contribution in [0.5, 0.6) is 0 Å². The van der Waals surface area contributed by atoms with Crippen molar-refractivity contribution in [3.8, 4) is 11.1 Å². The van der Waals surface area contributed by atoms with E-state index < -0.39 is 5.92 Å². The van der Waals surface area contributed by atoms with Gasteiger partial charge in [0.2, 0.25) is 0 Å². The van der Waals surface area contributed by atoms with Crippen LogP contribution in [0.3, 0.4) is 0 Å². The van der Waals surface area contributed by atoms with Gasteiger partial charge in [0.25, 0.3) is 5.92 Å². The van der Waals surface area contributed by atoms with Crippen molar-refractivity contribution in [2.75, 3.05) is 0 Å². The molecule has 1 aliphatic carbocycles. The van der Waals surface area contributed by atoms with Crippen LogP contribution in [0.4, 0.5) is 8.78 Å². The van der Waals surface area contributed by atoms with E-state index in [1.807, 2.05) is 18.2 Å². The van der Waals surface area contributed by atoms with Gasteiger partial charge in [-0.05, 0) is 28.3 Å². The van der Waals surface area contributed by atoms with Crippen molar-refractivity contribution in [2.24, 2.45) is 0 Å². The molecule has 2 heteroatoms. The monoisotopic (exact) mass is 272 g/mol. The summed E-state index contributed by atoms with van der Waals surface area (Å²) in [6.45, 7) is 5.73. The lowest BCUT2D eigenvalue weighted by Crippen LogP contribution is -2.17. The van der Waals surface area contributed by atoms with Crippen molar-refractivity contribution >= 4 is 0 Å². The topological polar surface area (TPSA) is 0 Å². The van der Waals surface area contributed by atoms with Crippen molar-refractivity contribution in [1.29, 1.82) is 0 Å². The third-order valence-electron chi connectivity index (χ3n) is 4.45. The summed E-state index contributed by atoms with van der Waals surface area (Å²) in [7, 11) is 0. The number of halogens is 2. The van der Waals surface area contributed by atoms with Crippen LogP contribution >= 0.6 is 0 Å². The molecule has 0 amide bonds. The number of rotatable bonds is 2. The standard InChI is InChI=1S/C18H18F2/c1-4-18(19,20)12-9-10-14-13-7-5-6-8-15(13)17(2,3)16(14)11-12/h5-11H,4H2,1-3H3. The second kappa shape index (κ2) is 4.15. The molecule has 0 saturated heterocycles. The summed E-state index contributed by atoms with van der Waals surface area (Å²) in [5, 5.41) is 0. The Labute approximate surface area is 118 Å². The van der Waals surface area contributed by atoms with Gasteiger partial charge in [-0.2, -0.15) is 0 Å². The van der Waals surface area contributed by atoms with Gasteiger partial charge in [0.1, 0.15) is 0 Å². The fourth-order valence-corrected chi connectivity index (χ4v) is 3.14. The average Bonchev–Trinajstić information content (AvgIpc) is 2.68. The lowest BCUT2D eigenvalue weighted by molar-refractivity contribution is -0.00836. The lowest BCUT2D eigenvalue weighted by Gasteiger charge is -2.23. The molecule has 0 saturated carbocycles. The highest BCUT2D eigenvalue weighted by molar-refractivity contribution is 5.80. The maximum absolute atomic E-state index is 13.9. The lowest BCUT2D eigenvalue weighted by atomic mass is 9.81. The van der Waals surface area contributed by atoms with E-state index >= 15 is 0 Å². The molecule has 0 unspecified atom stereocenters. The number of fused-ring (bicyclic) bond motifs is 3. The summed E-state index contributed by atoms with van der Waals surface area (Å²) in [6, 6.07) is 13.3. The van der Waals surface area contributed by atoms with E-state index in [9.17, 15) is 8.78 Å². The van der Waals surface area contributed by atoms with Crippen LogP contribution in [0.1, 0.15) is 43.9 Å². The number of benzene rings is 2. The Balaban J connectivity index is 2.23. The molecule has 1 aliphatic rings. The van der Waals surface area contributed by atoms with E-state index in [1.54, 1.807) is 12.1 Å². The zero-order chi connectivity index (χ0) is 14.5. The van der Waals surface area contributed by atoms with E-state index in [-0.39, 0.29) is 17.4 Å². The van der Waals surface area contributed by atoms with Gasteiger partial charge in [0.15, 0.2) is 0 Å². The Morgan fingerprint density at radius 1 is 0.950 bits per heavy atom. The molecule has 0 aliphatic heterocycles. The second-order valence-corrected chi connectivity index (χ2v) is 5.99. The molecule has 3 rings (SSSR count). The van der Waals surface area contributed by atoms with Crippen LogP contribution < -0.4 is 0 Å². The number of hydrogen-bond donors (Lipinski definition) is 0. The van der Waals surface area contributed by atoms with E-state index in [0.29, 0.717) is 0 Å². The Morgan fingerprint density at radius 3 is 2.30 bits per heavy atom. The second-order valence-electron chi connectivity index (χ2n) is 5.99. The summed E-state index contributed by atoms with van der Waals surface area (Å²) in [6.07, 6.45) is -0.167. The minimum absolute atomic E-state index is 0.125. The van der Waals surface area contributed by atoms with Gasteiger partial charge in [-0.1, -0.05) is 57.2 Å². The van der Waals surface area contributed by atoms with Gasteiger partial charge in [0.05, 0.1) is 0 Å². The first kappa shape index (κ1) is 13.3. The molecule has 20 heavy (non-hydrogen) atoms. The van der Waals surface area contributed by atoms with Crippen LogP contribution in [0.25, 0.3) is 11.1 Å². The SMILES string of the molecule is CCC(F)(F)c1ccc2c(c1)C(C)(C)c1ccccc1-2. The Kier molecular flexibility index (Phi) is 2.75. The van der Waals surface area contributed by atoms with Crippen molar-refractivity contribution in [2.45, 2.75) is 38.5 Å². The van der Waals surface area contributed by atoms with Crippen LogP contribution in [0.15, 0.2) is 42.5 Å². The van der Waals surface area contributed by atoms with Crippen LogP contribution in [-0.4, -0.2) is 0 Å². The summed E-state index contributed by atoms with van der Waals surface area (Å²) >= 11 is 0. The largest absolute Gasteiger partial charge is 0.273 e. The molecule has 0 atom stereocenters.